The zero-order chi connectivity index (χ0) is 11.4. The molecule has 16 heavy (non-hydrogen) atoms. The molecule has 0 unspecified atom stereocenters. The first-order chi connectivity index (χ1) is 7.77. The van der Waals surface area contributed by atoms with E-state index in [0.29, 0.717) is 5.56 Å². The highest BCUT2D eigenvalue weighted by Crippen LogP contribution is 2.19. The fourth-order valence-electron chi connectivity index (χ4n) is 1.31. The van der Waals surface area contributed by atoms with Gasteiger partial charge in [0.05, 0.1) is 5.57 Å². The molecule has 1 N–H and O–H groups in total. The van der Waals surface area contributed by atoms with Crippen LogP contribution < -0.4 is 0 Å². The van der Waals surface area contributed by atoms with Crippen molar-refractivity contribution >= 4 is 29.0 Å². The minimum Gasteiger partial charge on any atom is -0.478 e. The van der Waals surface area contributed by atoms with Crippen LogP contribution in [0, 0.1) is 0 Å². The topological polar surface area (TPSA) is 50.2 Å². The molecule has 0 aliphatic heterocycles. The van der Waals surface area contributed by atoms with Crippen molar-refractivity contribution in [2.75, 3.05) is 0 Å². The molecule has 0 saturated heterocycles. The summed E-state index contributed by atoms with van der Waals surface area (Å²) in [4.78, 5) is 15.0. The SMILES string of the molecule is O=C(O)/C(=C/c1ccsc1)c1cccnc1. The third-order valence-electron chi connectivity index (χ3n) is 2.06. The molecule has 3 nitrogen and oxygen atoms in total. The zero-order valence-corrected chi connectivity index (χ0v) is 9.15. The molecule has 0 aliphatic rings. The fourth-order valence-corrected chi connectivity index (χ4v) is 1.93. The summed E-state index contributed by atoms with van der Waals surface area (Å²) in [6.07, 6.45) is 4.82. The summed E-state index contributed by atoms with van der Waals surface area (Å²) in [6, 6.07) is 5.34. The van der Waals surface area contributed by atoms with Crippen LogP contribution in [-0.2, 0) is 4.79 Å². The number of hydrogen-bond donors (Lipinski definition) is 1. The van der Waals surface area contributed by atoms with Crippen LogP contribution >= 0.6 is 11.3 Å². The first-order valence-electron chi connectivity index (χ1n) is 4.65. The predicted octanol–water partition coefficient (Wildman–Crippen LogP) is 2.77. The van der Waals surface area contributed by atoms with Gasteiger partial charge in [-0.05, 0) is 34.5 Å². The van der Waals surface area contributed by atoms with Gasteiger partial charge >= 0.3 is 5.97 Å². The Labute approximate surface area is 96.7 Å². The van der Waals surface area contributed by atoms with E-state index < -0.39 is 5.97 Å². The van der Waals surface area contributed by atoms with E-state index in [0.717, 1.165) is 5.56 Å². The smallest absolute Gasteiger partial charge is 0.336 e. The van der Waals surface area contributed by atoms with Gasteiger partial charge in [-0.25, -0.2) is 4.79 Å². The maximum Gasteiger partial charge on any atom is 0.336 e. The summed E-state index contributed by atoms with van der Waals surface area (Å²) in [5.74, 6) is -0.945. The number of nitrogens with zero attached hydrogens (tertiary/aromatic N) is 1. The number of aliphatic carboxylic acids is 1. The molecule has 0 aromatic carbocycles. The normalized spacial score (nSPS) is 11.4. The second-order valence-corrected chi connectivity index (χ2v) is 3.94. The molecule has 4 heteroatoms. The largest absolute Gasteiger partial charge is 0.478 e. The highest BCUT2D eigenvalue weighted by Gasteiger charge is 2.10. The average Bonchev–Trinajstić information content (AvgIpc) is 2.79. The lowest BCUT2D eigenvalue weighted by molar-refractivity contribution is -0.130. The number of carbonyl (C=O) groups is 1. The van der Waals surface area contributed by atoms with E-state index in [2.05, 4.69) is 4.98 Å². The molecule has 2 aromatic rings. The van der Waals surface area contributed by atoms with Crippen LogP contribution in [0.2, 0.25) is 0 Å². The van der Waals surface area contributed by atoms with Crippen molar-refractivity contribution in [1.29, 1.82) is 0 Å². The zero-order valence-electron chi connectivity index (χ0n) is 8.33. The summed E-state index contributed by atoms with van der Waals surface area (Å²) in [5, 5.41) is 12.9. The van der Waals surface area contributed by atoms with Gasteiger partial charge < -0.3 is 5.11 Å². The Hall–Kier alpha value is -1.94. The monoisotopic (exact) mass is 231 g/mol. The molecule has 0 amide bonds. The molecule has 0 fully saturated rings. The fraction of sp³-hybridized carbons (Fsp3) is 0. The molecule has 2 rings (SSSR count). The molecule has 0 bridgehead atoms. The number of pyridine rings is 1. The number of carboxylic acids is 1. The lowest BCUT2D eigenvalue weighted by Gasteiger charge is -2.00. The minimum atomic E-state index is -0.945. The summed E-state index contributed by atoms with van der Waals surface area (Å²) in [6.45, 7) is 0. The first-order valence-corrected chi connectivity index (χ1v) is 5.59. The Morgan fingerprint density at radius 2 is 2.31 bits per heavy atom. The predicted molar refractivity (Wildman–Crippen MR) is 64.1 cm³/mol. The molecule has 0 atom stereocenters. The van der Waals surface area contributed by atoms with E-state index in [4.69, 9.17) is 5.11 Å². The molecule has 0 spiro atoms. The van der Waals surface area contributed by atoms with Crippen LogP contribution in [0.4, 0.5) is 0 Å². The van der Waals surface area contributed by atoms with Gasteiger partial charge in [-0.15, -0.1) is 0 Å². The van der Waals surface area contributed by atoms with Gasteiger partial charge in [0.15, 0.2) is 0 Å². The van der Waals surface area contributed by atoms with Crippen LogP contribution in [-0.4, -0.2) is 16.1 Å². The molecule has 0 saturated carbocycles. The minimum absolute atomic E-state index is 0.256. The van der Waals surface area contributed by atoms with E-state index in [9.17, 15) is 4.79 Å². The summed E-state index contributed by atoms with van der Waals surface area (Å²) >= 11 is 1.54. The third-order valence-corrected chi connectivity index (χ3v) is 2.76. The van der Waals surface area contributed by atoms with Crippen molar-refractivity contribution in [3.05, 3.63) is 52.5 Å². The van der Waals surface area contributed by atoms with E-state index >= 15 is 0 Å². The Bertz CT molecular complexity index is 503. The van der Waals surface area contributed by atoms with Gasteiger partial charge in [0, 0.05) is 18.0 Å². The summed E-state index contributed by atoms with van der Waals surface area (Å²) in [5.41, 5.74) is 1.76. The Balaban J connectivity index is 2.43. The van der Waals surface area contributed by atoms with Crippen LogP contribution in [0.25, 0.3) is 11.6 Å². The van der Waals surface area contributed by atoms with Gasteiger partial charge in [-0.1, -0.05) is 6.07 Å². The summed E-state index contributed by atoms with van der Waals surface area (Å²) in [7, 11) is 0. The first kappa shape index (κ1) is 10.6. The summed E-state index contributed by atoms with van der Waals surface area (Å²) < 4.78 is 0. The quantitative estimate of drug-likeness (QED) is 0.826. The van der Waals surface area contributed by atoms with Crippen molar-refractivity contribution in [3.63, 3.8) is 0 Å². The Kier molecular flexibility index (Phi) is 3.12. The van der Waals surface area contributed by atoms with Gasteiger partial charge in [0.25, 0.3) is 0 Å². The molecule has 2 aromatic heterocycles. The molecule has 0 radical (unpaired) electrons. The van der Waals surface area contributed by atoms with Crippen molar-refractivity contribution in [1.82, 2.24) is 4.98 Å². The average molecular weight is 231 g/mol. The highest BCUT2D eigenvalue weighted by molar-refractivity contribution is 7.08. The van der Waals surface area contributed by atoms with Crippen LogP contribution in [0.3, 0.4) is 0 Å². The number of aromatic nitrogens is 1. The van der Waals surface area contributed by atoms with Crippen LogP contribution in [0.1, 0.15) is 11.1 Å². The third kappa shape index (κ3) is 2.35. The van der Waals surface area contributed by atoms with Crippen LogP contribution in [0.5, 0.6) is 0 Å². The maximum atomic E-state index is 11.1. The second-order valence-electron chi connectivity index (χ2n) is 3.16. The molecular weight excluding hydrogens is 222 g/mol. The van der Waals surface area contributed by atoms with Crippen molar-refractivity contribution in [3.8, 4) is 0 Å². The molecule has 2 heterocycles. The van der Waals surface area contributed by atoms with Gasteiger partial charge in [-0.3, -0.25) is 4.98 Å². The lowest BCUT2D eigenvalue weighted by atomic mass is 10.1. The number of hydrogen-bond acceptors (Lipinski definition) is 3. The molecular formula is C12H9NO2S. The maximum absolute atomic E-state index is 11.1. The lowest BCUT2D eigenvalue weighted by Crippen LogP contribution is -1.99. The van der Waals surface area contributed by atoms with Crippen LogP contribution in [0.15, 0.2) is 41.4 Å². The van der Waals surface area contributed by atoms with E-state index in [1.807, 2.05) is 16.8 Å². The van der Waals surface area contributed by atoms with Gasteiger partial charge in [0.2, 0.25) is 0 Å². The van der Waals surface area contributed by atoms with Crippen molar-refractivity contribution in [2.45, 2.75) is 0 Å². The van der Waals surface area contributed by atoms with Gasteiger partial charge in [0.1, 0.15) is 0 Å². The molecule has 80 valence electrons. The van der Waals surface area contributed by atoms with Gasteiger partial charge in [-0.2, -0.15) is 11.3 Å². The standard InChI is InChI=1S/C12H9NO2S/c14-12(15)11(6-9-3-5-16-8-9)10-2-1-4-13-7-10/h1-8H,(H,14,15)/b11-6+. The number of thiophene rings is 1. The van der Waals surface area contributed by atoms with E-state index in [1.54, 1.807) is 30.6 Å². The highest BCUT2D eigenvalue weighted by atomic mass is 32.1. The second kappa shape index (κ2) is 4.72. The number of rotatable bonds is 3. The number of carboxylic acid groups (broad SMARTS) is 1. The Morgan fingerprint density at radius 1 is 1.44 bits per heavy atom. The van der Waals surface area contributed by atoms with E-state index in [-0.39, 0.29) is 5.57 Å². The van der Waals surface area contributed by atoms with Crippen molar-refractivity contribution in [2.24, 2.45) is 0 Å². The van der Waals surface area contributed by atoms with Crippen molar-refractivity contribution < 1.29 is 9.90 Å². The van der Waals surface area contributed by atoms with E-state index in [1.165, 1.54) is 11.3 Å². The Morgan fingerprint density at radius 3 is 2.88 bits per heavy atom. The molecule has 0 aliphatic carbocycles.